The number of aromatic nitrogens is 3. The minimum Gasteiger partial charge on any atom is -0.393 e. The summed E-state index contributed by atoms with van der Waals surface area (Å²) in [6.07, 6.45) is 4.47. The lowest BCUT2D eigenvalue weighted by Crippen LogP contribution is -2.30. The number of anilines is 1. The first-order valence-corrected chi connectivity index (χ1v) is 10.2. The van der Waals surface area contributed by atoms with Crippen LogP contribution in [0.1, 0.15) is 31.7 Å². The first-order chi connectivity index (χ1) is 13.5. The van der Waals surface area contributed by atoms with Gasteiger partial charge in [0.15, 0.2) is 0 Å². The summed E-state index contributed by atoms with van der Waals surface area (Å²) in [7, 11) is 2.08. The van der Waals surface area contributed by atoms with Crippen LogP contribution in [-0.2, 0) is 4.84 Å². The first-order valence-electron chi connectivity index (χ1n) is 9.36. The van der Waals surface area contributed by atoms with Crippen LogP contribution in [0.4, 0.5) is 5.69 Å². The van der Waals surface area contributed by atoms with E-state index in [-0.39, 0.29) is 6.10 Å². The van der Waals surface area contributed by atoms with Crippen LogP contribution in [0, 0.1) is 6.92 Å². The quantitative estimate of drug-likeness (QED) is 0.609. The van der Waals surface area contributed by atoms with Crippen molar-refractivity contribution in [3.05, 3.63) is 48.0 Å². The van der Waals surface area contributed by atoms with Crippen LogP contribution in [0.2, 0.25) is 0 Å². The Balaban J connectivity index is 1.75. The molecule has 0 aliphatic carbocycles. The number of hydrogen-bond donors (Lipinski definition) is 0. The molecule has 6 nitrogen and oxygen atoms in total. The summed E-state index contributed by atoms with van der Waals surface area (Å²) in [5.74, 6) is 0. The van der Waals surface area contributed by atoms with Crippen molar-refractivity contribution in [2.75, 3.05) is 18.5 Å². The van der Waals surface area contributed by atoms with Crippen LogP contribution >= 0.6 is 11.3 Å². The largest absolute Gasteiger partial charge is 0.393 e. The van der Waals surface area contributed by atoms with E-state index in [0.717, 1.165) is 56.9 Å². The van der Waals surface area contributed by atoms with E-state index >= 15 is 0 Å². The second-order valence-corrected chi connectivity index (χ2v) is 8.10. The van der Waals surface area contributed by atoms with Gasteiger partial charge in [-0.25, -0.2) is 9.97 Å². The third kappa shape index (κ3) is 3.62. The van der Waals surface area contributed by atoms with Gasteiger partial charge in [0.2, 0.25) is 0 Å². The molecule has 4 rings (SSSR count). The van der Waals surface area contributed by atoms with Crippen molar-refractivity contribution in [2.24, 2.45) is 5.16 Å². The summed E-state index contributed by atoms with van der Waals surface area (Å²) < 4.78 is 0. The number of pyridine rings is 2. The zero-order chi connectivity index (χ0) is 19.7. The zero-order valence-electron chi connectivity index (χ0n) is 16.5. The molecule has 1 aliphatic rings. The van der Waals surface area contributed by atoms with Crippen LogP contribution in [-0.4, -0.2) is 40.4 Å². The Kier molecular flexibility index (Phi) is 5.09. The van der Waals surface area contributed by atoms with Gasteiger partial charge in [0, 0.05) is 38.0 Å². The van der Waals surface area contributed by atoms with E-state index in [0.29, 0.717) is 0 Å². The molecule has 0 radical (unpaired) electrons. The molecular weight excluding hydrogens is 370 g/mol. The summed E-state index contributed by atoms with van der Waals surface area (Å²) in [6.45, 7) is 6.88. The lowest BCUT2D eigenvalue weighted by atomic mass is 10.0. The van der Waals surface area contributed by atoms with Gasteiger partial charge in [0.25, 0.3) is 0 Å². The van der Waals surface area contributed by atoms with E-state index in [4.69, 9.17) is 14.8 Å². The van der Waals surface area contributed by atoms with Crippen molar-refractivity contribution in [1.82, 2.24) is 15.0 Å². The molecule has 0 amide bonds. The summed E-state index contributed by atoms with van der Waals surface area (Å²) >= 11 is 1.64. The highest BCUT2D eigenvalue weighted by Crippen LogP contribution is 2.36. The van der Waals surface area contributed by atoms with Crippen molar-refractivity contribution in [3.8, 4) is 21.1 Å². The van der Waals surface area contributed by atoms with E-state index < -0.39 is 0 Å². The highest BCUT2D eigenvalue weighted by molar-refractivity contribution is 7.18. The molecule has 0 saturated heterocycles. The Hall–Kier alpha value is -2.80. The lowest BCUT2D eigenvalue weighted by Gasteiger charge is -2.27. The third-order valence-electron chi connectivity index (χ3n) is 4.55. The number of thiazole rings is 1. The highest BCUT2D eigenvalue weighted by atomic mass is 32.1. The van der Waals surface area contributed by atoms with Gasteiger partial charge in [0.1, 0.15) is 22.5 Å². The van der Waals surface area contributed by atoms with Crippen LogP contribution < -0.4 is 4.90 Å². The summed E-state index contributed by atoms with van der Waals surface area (Å²) in [6, 6.07) is 8.13. The fourth-order valence-electron chi connectivity index (χ4n) is 3.12. The molecule has 28 heavy (non-hydrogen) atoms. The number of hydrogen-bond acceptors (Lipinski definition) is 7. The highest BCUT2D eigenvalue weighted by Gasteiger charge is 2.23. The Morgan fingerprint density at radius 1 is 1.21 bits per heavy atom. The average molecular weight is 394 g/mol. The van der Waals surface area contributed by atoms with Crippen LogP contribution in [0.25, 0.3) is 21.1 Å². The van der Waals surface area contributed by atoms with Gasteiger partial charge in [0.05, 0.1) is 22.0 Å². The number of nitrogens with zero attached hydrogens (tertiary/aromatic N) is 5. The molecule has 7 heteroatoms. The molecule has 0 unspecified atom stereocenters. The minimum atomic E-state index is 0.0459. The van der Waals surface area contributed by atoms with Gasteiger partial charge in [-0.2, -0.15) is 0 Å². The molecule has 0 fully saturated rings. The maximum atomic E-state index is 5.52. The molecule has 1 aliphatic heterocycles. The number of oxime groups is 1. The second-order valence-electron chi connectivity index (χ2n) is 7.10. The van der Waals surface area contributed by atoms with E-state index in [1.807, 2.05) is 39.1 Å². The lowest BCUT2D eigenvalue weighted by molar-refractivity contribution is 0.0855. The van der Waals surface area contributed by atoms with Crippen LogP contribution in [0.5, 0.6) is 0 Å². The van der Waals surface area contributed by atoms with Crippen molar-refractivity contribution < 1.29 is 4.84 Å². The zero-order valence-corrected chi connectivity index (χ0v) is 17.3. The van der Waals surface area contributed by atoms with Crippen molar-refractivity contribution >= 4 is 22.7 Å². The summed E-state index contributed by atoms with van der Waals surface area (Å²) in [4.78, 5) is 22.7. The Labute approximate surface area is 168 Å². The molecule has 0 saturated carbocycles. The summed E-state index contributed by atoms with van der Waals surface area (Å²) in [5.41, 5.74) is 5.78. The van der Waals surface area contributed by atoms with E-state index in [1.165, 1.54) is 0 Å². The maximum Gasteiger partial charge on any atom is 0.125 e. The third-order valence-corrected chi connectivity index (χ3v) is 5.78. The van der Waals surface area contributed by atoms with Crippen molar-refractivity contribution in [2.45, 2.75) is 33.3 Å². The van der Waals surface area contributed by atoms with Gasteiger partial charge < -0.3 is 9.74 Å². The number of fused-ring (bicyclic) bond motifs is 1. The topological polar surface area (TPSA) is 63.5 Å². The Bertz CT molecular complexity index is 1010. The normalized spacial score (nSPS) is 15.2. The Morgan fingerprint density at radius 2 is 2.07 bits per heavy atom. The smallest absolute Gasteiger partial charge is 0.125 e. The SMILES string of the molecule is Cc1nc(-c2cccnc2)sc1-c1ccc2c(n1)/C(=N/OC(C)C)CCN2C. The number of aryl methyl sites for hydroxylation is 1. The van der Waals surface area contributed by atoms with Gasteiger partial charge in [-0.3, -0.25) is 4.98 Å². The van der Waals surface area contributed by atoms with Gasteiger partial charge in [-0.15, -0.1) is 11.3 Å². The molecule has 0 atom stereocenters. The predicted molar refractivity (Wildman–Crippen MR) is 114 cm³/mol. The average Bonchev–Trinajstić information content (AvgIpc) is 3.09. The predicted octanol–water partition coefficient (Wildman–Crippen LogP) is 4.54. The van der Waals surface area contributed by atoms with E-state index in [2.05, 4.69) is 34.2 Å². The molecule has 4 heterocycles. The van der Waals surface area contributed by atoms with Gasteiger partial charge >= 0.3 is 0 Å². The maximum absolute atomic E-state index is 5.52. The monoisotopic (exact) mass is 393 g/mol. The van der Waals surface area contributed by atoms with Crippen LogP contribution in [0.15, 0.2) is 41.8 Å². The fraction of sp³-hybridized carbons (Fsp3) is 0.333. The molecule has 144 valence electrons. The van der Waals surface area contributed by atoms with E-state index in [1.54, 1.807) is 17.5 Å². The molecule has 3 aromatic rings. The molecule has 0 bridgehead atoms. The van der Waals surface area contributed by atoms with Crippen molar-refractivity contribution in [3.63, 3.8) is 0 Å². The molecular formula is C21H23N5OS. The fourth-order valence-corrected chi connectivity index (χ4v) is 4.14. The Morgan fingerprint density at radius 3 is 2.82 bits per heavy atom. The van der Waals surface area contributed by atoms with E-state index in [9.17, 15) is 0 Å². The second kappa shape index (κ2) is 7.67. The standard InChI is InChI=1S/C21H23N5OS/c1-13(2)27-25-16-9-11-26(4)18-8-7-17(24-19(16)18)20-14(3)23-21(28-20)15-6-5-10-22-12-15/h5-8,10,12-13H,9,11H2,1-4H3/b25-16+. The molecule has 0 N–H and O–H groups in total. The molecule has 0 aromatic carbocycles. The number of rotatable bonds is 4. The minimum absolute atomic E-state index is 0.0459. The summed E-state index contributed by atoms with van der Waals surface area (Å²) in [5, 5.41) is 5.33. The van der Waals surface area contributed by atoms with Crippen LogP contribution in [0.3, 0.4) is 0 Å². The van der Waals surface area contributed by atoms with Gasteiger partial charge in [-0.05, 0) is 45.0 Å². The van der Waals surface area contributed by atoms with Gasteiger partial charge in [-0.1, -0.05) is 5.16 Å². The molecule has 0 spiro atoms. The molecule has 3 aromatic heterocycles. The first kappa shape index (κ1) is 18.6. The van der Waals surface area contributed by atoms with Crippen molar-refractivity contribution in [1.29, 1.82) is 0 Å².